The highest BCUT2D eigenvalue weighted by atomic mass is 35.5. The normalized spacial score (nSPS) is 10.7. The Kier molecular flexibility index (Phi) is 4.93. The Morgan fingerprint density at radius 2 is 2.10 bits per heavy atom. The molecule has 112 valence electrons. The zero-order valence-electron chi connectivity index (χ0n) is 12.1. The molecule has 2 rings (SSSR count). The minimum atomic E-state index is -0.371. The molecule has 0 amide bonds. The molecular weight excluding hydrogens is 290 g/mol. The molecule has 0 aliphatic carbocycles. The number of hydrogen-bond donors (Lipinski definition) is 1. The quantitative estimate of drug-likeness (QED) is 0.676. The largest absolute Gasteiger partial charge is 0.352 e. The molecule has 0 unspecified atom stereocenters. The van der Waals surface area contributed by atoms with E-state index in [9.17, 15) is 4.79 Å². The van der Waals surface area contributed by atoms with Crippen LogP contribution in [-0.4, -0.2) is 21.1 Å². The minimum absolute atomic E-state index is 0.224. The average molecular weight is 308 g/mol. The molecule has 21 heavy (non-hydrogen) atoms. The van der Waals surface area contributed by atoms with Crippen molar-refractivity contribution in [2.45, 2.75) is 26.8 Å². The van der Waals surface area contributed by atoms with Crippen LogP contribution >= 0.6 is 11.6 Å². The second-order valence-corrected chi connectivity index (χ2v) is 5.01. The van der Waals surface area contributed by atoms with Gasteiger partial charge < -0.3 is 0 Å². The van der Waals surface area contributed by atoms with Crippen molar-refractivity contribution in [3.8, 4) is 11.4 Å². The van der Waals surface area contributed by atoms with E-state index in [1.807, 2.05) is 26.0 Å². The van der Waals surface area contributed by atoms with Gasteiger partial charge in [0.05, 0.1) is 0 Å². The van der Waals surface area contributed by atoms with Gasteiger partial charge in [0.15, 0.2) is 0 Å². The van der Waals surface area contributed by atoms with Crippen LogP contribution in [0, 0.1) is 0 Å². The molecule has 0 atom stereocenters. The number of benzene rings is 1. The summed E-state index contributed by atoms with van der Waals surface area (Å²) in [5.74, 6) is 6.62. The molecule has 0 radical (unpaired) electrons. The van der Waals surface area contributed by atoms with Gasteiger partial charge in [0.2, 0.25) is 5.95 Å². The Morgan fingerprint density at radius 1 is 1.33 bits per heavy atom. The first-order valence-corrected chi connectivity index (χ1v) is 7.21. The summed E-state index contributed by atoms with van der Waals surface area (Å²) in [5, 5.41) is 1.97. The predicted molar refractivity (Wildman–Crippen MR) is 84.2 cm³/mol. The van der Waals surface area contributed by atoms with Gasteiger partial charge >= 0.3 is 5.69 Å². The zero-order valence-corrected chi connectivity index (χ0v) is 12.8. The molecule has 2 N–H and O–H groups in total. The zero-order chi connectivity index (χ0) is 15.4. The van der Waals surface area contributed by atoms with Crippen LogP contribution in [0.4, 0.5) is 5.95 Å². The molecule has 0 spiro atoms. The summed E-state index contributed by atoms with van der Waals surface area (Å²) >= 11 is 6.02. The Bertz CT molecular complexity index is 685. The topological polar surface area (TPSA) is 77.0 Å². The Balaban J connectivity index is 2.60. The van der Waals surface area contributed by atoms with Crippen LogP contribution in [0.15, 0.2) is 29.1 Å². The fourth-order valence-corrected chi connectivity index (χ4v) is 2.21. The number of hydrazine groups is 1. The summed E-state index contributed by atoms with van der Waals surface area (Å²) in [7, 11) is 0. The summed E-state index contributed by atoms with van der Waals surface area (Å²) in [5.41, 5.74) is 0.388. The van der Waals surface area contributed by atoms with Gasteiger partial charge in [-0.3, -0.25) is 9.58 Å². The summed E-state index contributed by atoms with van der Waals surface area (Å²) in [6.45, 7) is 4.90. The van der Waals surface area contributed by atoms with Crippen molar-refractivity contribution >= 4 is 17.5 Å². The van der Waals surface area contributed by atoms with Crippen molar-refractivity contribution in [1.29, 1.82) is 0 Å². The van der Waals surface area contributed by atoms with E-state index in [0.29, 0.717) is 23.9 Å². The first-order valence-electron chi connectivity index (χ1n) is 6.83. The van der Waals surface area contributed by atoms with Gasteiger partial charge in [-0.25, -0.2) is 10.6 Å². The molecule has 0 bridgehead atoms. The highest BCUT2D eigenvalue weighted by molar-refractivity contribution is 6.30. The number of hydrogen-bond acceptors (Lipinski definition) is 5. The van der Waals surface area contributed by atoms with Crippen LogP contribution in [0.2, 0.25) is 5.02 Å². The standard InChI is InChI=1S/C14H18ClN5O/c1-3-8-20(16)13-17-12(19(4-2)14(21)18-13)10-6-5-7-11(15)9-10/h5-7,9H,3-4,8,16H2,1-2H3. The van der Waals surface area contributed by atoms with Crippen LogP contribution in [0.5, 0.6) is 0 Å². The van der Waals surface area contributed by atoms with Gasteiger partial charge in [0, 0.05) is 23.7 Å². The van der Waals surface area contributed by atoms with E-state index >= 15 is 0 Å². The maximum Gasteiger partial charge on any atom is 0.352 e. The fourth-order valence-electron chi connectivity index (χ4n) is 2.02. The lowest BCUT2D eigenvalue weighted by molar-refractivity contribution is 0.669. The maximum atomic E-state index is 12.2. The summed E-state index contributed by atoms with van der Waals surface area (Å²) in [6, 6.07) is 7.20. The third kappa shape index (κ3) is 3.40. The van der Waals surface area contributed by atoms with Crippen molar-refractivity contribution in [2.75, 3.05) is 11.6 Å². The number of nitrogens with two attached hydrogens (primary N) is 1. The minimum Gasteiger partial charge on any atom is -0.279 e. The number of rotatable bonds is 5. The fraction of sp³-hybridized carbons (Fsp3) is 0.357. The Labute approximate surface area is 128 Å². The van der Waals surface area contributed by atoms with Crippen LogP contribution in [0.1, 0.15) is 20.3 Å². The van der Waals surface area contributed by atoms with Gasteiger partial charge in [-0.05, 0) is 25.5 Å². The second kappa shape index (κ2) is 6.69. The highest BCUT2D eigenvalue weighted by Crippen LogP contribution is 2.21. The molecule has 6 nitrogen and oxygen atoms in total. The van der Waals surface area contributed by atoms with Crippen molar-refractivity contribution in [2.24, 2.45) is 5.84 Å². The van der Waals surface area contributed by atoms with Crippen LogP contribution < -0.4 is 16.5 Å². The Morgan fingerprint density at radius 3 is 2.71 bits per heavy atom. The number of anilines is 1. The first kappa shape index (κ1) is 15.5. The maximum absolute atomic E-state index is 12.2. The van der Waals surface area contributed by atoms with Gasteiger partial charge in [0.25, 0.3) is 0 Å². The molecule has 1 aromatic carbocycles. The van der Waals surface area contributed by atoms with Crippen molar-refractivity contribution in [3.05, 3.63) is 39.8 Å². The van der Waals surface area contributed by atoms with E-state index < -0.39 is 0 Å². The molecule has 0 aliphatic rings. The van der Waals surface area contributed by atoms with Crippen LogP contribution in [-0.2, 0) is 6.54 Å². The predicted octanol–water partition coefficient (Wildman–Crippen LogP) is 2.07. The molecule has 7 heteroatoms. The molecule has 1 aromatic heterocycles. The SMILES string of the molecule is CCCN(N)c1nc(-c2cccc(Cl)c2)n(CC)c(=O)n1. The lowest BCUT2D eigenvalue weighted by Crippen LogP contribution is -2.37. The van der Waals surface area contributed by atoms with E-state index in [-0.39, 0.29) is 11.6 Å². The molecule has 0 saturated carbocycles. The monoisotopic (exact) mass is 307 g/mol. The lowest BCUT2D eigenvalue weighted by atomic mass is 10.2. The first-order chi connectivity index (χ1) is 10.1. The lowest BCUT2D eigenvalue weighted by Gasteiger charge is -2.17. The number of halogens is 1. The van der Waals surface area contributed by atoms with Gasteiger partial charge in [-0.15, -0.1) is 0 Å². The highest BCUT2D eigenvalue weighted by Gasteiger charge is 2.14. The molecule has 0 fully saturated rings. The summed E-state index contributed by atoms with van der Waals surface area (Å²) in [4.78, 5) is 20.5. The van der Waals surface area contributed by atoms with Gasteiger partial charge in [-0.2, -0.15) is 9.97 Å². The van der Waals surface area contributed by atoms with E-state index in [4.69, 9.17) is 17.4 Å². The van der Waals surface area contributed by atoms with Crippen molar-refractivity contribution in [1.82, 2.24) is 14.5 Å². The summed E-state index contributed by atoms with van der Waals surface area (Å²) < 4.78 is 1.49. The third-order valence-corrected chi connectivity index (χ3v) is 3.24. The van der Waals surface area contributed by atoms with Crippen molar-refractivity contribution < 1.29 is 0 Å². The molecule has 1 heterocycles. The van der Waals surface area contributed by atoms with Crippen LogP contribution in [0.25, 0.3) is 11.4 Å². The number of nitrogens with zero attached hydrogens (tertiary/aromatic N) is 4. The molecule has 2 aromatic rings. The number of aromatic nitrogens is 3. The smallest absolute Gasteiger partial charge is 0.279 e. The molecular formula is C14H18ClN5O. The second-order valence-electron chi connectivity index (χ2n) is 4.58. The van der Waals surface area contributed by atoms with E-state index in [1.54, 1.807) is 12.1 Å². The molecule has 0 saturated heterocycles. The van der Waals surface area contributed by atoms with E-state index in [1.165, 1.54) is 9.58 Å². The van der Waals surface area contributed by atoms with Gasteiger partial charge in [-0.1, -0.05) is 30.7 Å². The van der Waals surface area contributed by atoms with Crippen molar-refractivity contribution in [3.63, 3.8) is 0 Å². The third-order valence-electron chi connectivity index (χ3n) is 3.01. The van der Waals surface area contributed by atoms with E-state index in [2.05, 4.69) is 9.97 Å². The van der Waals surface area contributed by atoms with Crippen LogP contribution in [0.3, 0.4) is 0 Å². The summed E-state index contributed by atoms with van der Waals surface area (Å²) in [6.07, 6.45) is 0.837. The van der Waals surface area contributed by atoms with E-state index in [0.717, 1.165) is 12.0 Å². The van der Waals surface area contributed by atoms with Gasteiger partial charge in [0.1, 0.15) is 5.82 Å². The molecule has 0 aliphatic heterocycles. The average Bonchev–Trinajstić information content (AvgIpc) is 2.46. The Hall–Kier alpha value is -1.92.